The van der Waals surface area contributed by atoms with Crippen LogP contribution in [0, 0.1) is 13.8 Å². The lowest BCUT2D eigenvalue weighted by atomic mass is 9.88. The molecular weight excluding hydrogens is 300 g/mol. The summed E-state index contributed by atoms with van der Waals surface area (Å²) in [6, 6.07) is 24.5. The highest BCUT2D eigenvalue weighted by molar-refractivity contribution is 5.74. The summed E-state index contributed by atoms with van der Waals surface area (Å²) in [5.41, 5.74) is 9.66. The summed E-state index contributed by atoms with van der Waals surface area (Å²) < 4.78 is 0. The van der Waals surface area contributed by atoms with Gasteiger partial charge in [0, 0.05) is 0 Å². The molecule has 0 bridgehead atoms. The van der Waals surface area contributed by atoms with Crippen LogP contribution in [0.1, 0.15) is 48.3 Å². The van der Waals surface area contributed by atoms with Crippen LogP contribution in [-0.4, -0.2) is 0 Å². The van der Waals surface area contributed by atoms with Crippen LogP contribution in [-0.2, 0) is 0 Å². The molecule has 0 nitrogen and oxygen atoms in total. The molecule has 0 amide bonds. The zero-order valence-corrected chi connectivity index (χ0v) is 15.3. The predicted molar refractivity (Wildman–Crippen MR) is 108 cm³/mol. The average molecular weight is 326 g/mol. The van der Waals surface area contributed by atoms with E-state index in [4.69, 9.17) is 0 Å². The highest BCUT2D eigenvalue weighted by Gasteiger charge is 2.19. The summed E-state index contributed by atoms with van der Waals surface area (Å²) in [4.78, 5) is 0. The van der Waals surface area contributed by atoms with E-state index in [1.165, 1.54) is 59.1 Å². The third-order valence-electron chi connectivity index (χ3n) is 5.66. The normalized spacial score (nSPS) is 14.8. The van der Waals surface area contributed by atoms with E-state index in [0.29, 0.717) is 0 Å². The van der Waals surface area contributed by atoms with Crippen molar-refractivity contribution in [3.63, 3.8) is 0 Å². The molecule has 0 unspecified atom stereocenters. The minimum absolute atomic E-state index is 0.784. The Morgan fingerprint density at radius 2 is 1.16 bits per heavy atom. The van der Waals surface area contributed by atoms with Gasteiger partial charge in [0.25, 0.3) is 0 Å². The molecule has 0 spiro atoms. The number of benzene rings is 3. The Bertz CT molecular complexity index is 827. The molecule has 0 aromatic heterocycles. The number of rotatable bonds is 3. The largest absolute Gasteiger partial charge is 0.0622 e. The van der Waals surface area contributed by atoms with Crippen LogP contribution in [0.3, 0.4) is 0 Å². The molecule has 3 aromatic rings. The van der Waals surface area contributed by atoms with E-state index in [-0.39, 0.29) is 0 Å². The number of hydrogen-bond acceptors (Lipinski definition) is 0. The molecule has 1 aliphatic carbocycles. The lowest BCUT2D eigenvalue weighted by Gasteiger charge is -2.17. The molecule has 25 heavy (non-hydrogen) atoms. The van der Waals surface area contributed by atoms with Gasteiger partial charge in [-0.1, -0.05) is 79.6 Å². The van der Waals surface area contributed by atoms with Gasteiger partial charge in [-0.05, 0) is 71.6 Å². The molecule has 1 saturated carbocycles. The van der Waals surface area contributed by atoms with E-state index in [2.05, 4.69) is 80.6 Å². The smallest absolute Gasteiger partial charge is 0.0125 e. The maximum absolute atomic E-state index is 2.43. The third-order valence-corrected chi connectivity index (χ3v) is 5.66. The van der Waals surface area contributed by atoms with Crippen molar-refractivity contribution in [1.29, 1.82) is 0 Å². The Hall–Kier alpha value is -2.34. The van der Waals surface area contributed by atoms with Gasteiger partial charge in [-0.2, -0.15) is 0 Å². The van der Waals surface area contributed by atoms with Crippen molar-refractivity contribution in [2.24, 2.45) is 0 Å². The predicted octanol–water partition coefficient (Wildman–Crippen LogP) is 7.30. The molecule has 4 rings (SSSR count). The molecule has 0 aliphatic heterocycles. The number of hydrogen-bond donors (Lipinski definition) is 0. The van der Waals surface area contributed by atoms with Crippen LogP contribution in [0.4, 0.5) is 0 Å². The molecule has 0 N–H and O–H groups in total. The van der Waals surface area contributed by atoms with E-state index < -0.39 is 0 Å². The Morgan fingerprint density at radius 3 is 1.76 bits per heavy atom. The molecule has 1 aliphatic rings. The highest BCUT2D eigenvalue weighted by Crippen LogP contribution is 2.38. The average Bonchev–Trinajstić information content (AvgIpc) is 3.17. The molecule has 0 atom stereocenters. The van der Waals surface area contributed by atoms with Crippen molar-refractivity contribution >= 4 is 0 Å². The van der Waals surface area contributed by atoms with Crippen LogP contribution in [0.25, 0.3) is 22.3 Å². The van der Waals surface area contributed by atoms with Crippen molar-refractivity contribution < 1.29 is 0 Å². The van der Waals surface area contributed by atoms with Crippen LogP contribution in [0.5, 0.6) is 0 Å². The first-order valence-corrected chi connectivity index (χ1v) is 9.49. The minimum Gasteiger partial charge on any atom is -0.0622 e. The molecule has 126 valence electrons. The first-order chi connectivity index (χ1) is 12.2. The second kappa shape index (κ2) is 6.88. The van der Waals surface area contributed by atoms with Crippen molar-refractivity contribution in [3.8, 4) is 22.3 Å². The zero-order chi connectivity index (χ0) is 17.2. The van der Waals surface area contributed by atoms with E-state index in [0.717, 1.165) is 5.92 Å². The maximum atomic E-state index is 2.43. The third kappa shape index (κ3) is 3.26. The molecular formula is C25H26. The lowest BCUT2D eigenvalue weighted by molar-refractivity contribution is 0.722. The van der Waals surface area contributed by atoms with Crippen LogP contribution < -0.4 is 0 Å². The first kappa shape index (κ1) is 16.1. The van der Waals surface area contributed by atoms with Gasteiger partial charge in [0.2, 0.25) is 0 Å². The van der Waals surface area contributed by atoms with Gasteiger partial charge in [-0.25, -0.2) is 0 Å². The van der Waals surface area contributed by atoms with Gasteiger partial charge in [-0.3, -0.25) is 0 Å². The lowest BCUT2D eigenvalue weighted by Crippen LogP contribution is -1.97. The van der Waals surface area contributed by atoms with Gasteiger partial charge in [-0.15, -0.1) is 0 Å². The topological polar surface area (TPSA) is 0 Å². The molecule has 0 radical (unpaired) electrons. The summed E-state index contributed by atoms with van der Waals surface area (Å²) in [6.07, 6.45) is 5.52. The molecule has 3 aromatic carbocycles. The van der Waals surface area contributed by atoms with Crippen molar-refractivity contribution in [3.05, 3.63) is 83.4 Å². The summed E-state index contributed by atoms with van der Waals surface area (Å²) in [5, 5.41) is 0. The molecule has 0 saturated heterocycles. The van der Waals surface area contributed by atoms with Crippen LogP contribution in [0.2, 0.25) is 0 Å². The van der Waals surface area contributed by atoms with E-state index in [9.17, 15) is 0 Å². The summed E-state index contributed by atoms with van der Waals surface area (Å²) in [7, 11) is 0. The van der Waals surface area contributed by atoms with Gasteiger partial charge < -0.3 is 0 Å². The minimum atomic E-state index is 0.784. The molecule has 0 heteroatoms. The monoisotopic (exact) mass is 326 g/mol. The fourth-order valence-corrected chi connectivity index (χ4v) is 4.41. The van der Waals surface area contributed by atoms with Gasteiger partial charge in [0.1, 0.15) is 0 Å². The summed E-state index contributed by atoms with van der Waals surface area (Å²) in [6.45, 7) is 4.54. The van der Waals surface area contributed by atoms with E-state index in [1.807, 2.05) is 0 Å². The van der Waals surface area contributed by atoms with Crippen LogP contribution >= 0.6 is 0 Å². The van der Waals surface area contributed by atoms with Crippen molar-refractivity contribution in [2.45, 2.75) is 45.4 Å². The fourth-order valence-electron chi connectivity index (χ4n) is 4.41. The summed E-state index contributed by atoms with van der Waals surface area (Å²) in [5.74, 6) is 0.784. The Morgan fingerprint density at radius 1 is 0.640 bits per heavy atom. The Labute approximate surface area is 151 Å². The maximum Gasteiger partial charge on any atom is -0.0125 e. The number of aryl methyl sites for hydroxylation is 2. The second-order valence-electron chi connectivity index (χ2n) is 7.45. The van der Waals surface area contributed by atoms with Crippen molar-refractivity contribution in [2.75, 3.05) is 0 Å². The van der Waals surface area contributed by atoms with E-state index in [1.54, 1.807) is 5.56 Å². The standard InChI is InChI=1S/C25H26/c1-18-16-24(21-10-6-7-11-21)17-19(2)25(18)23-14-12-22(13-15-23)20-8-4-3-5-9-20/h3-5,8-9,12-17,21H,6-7,10-11H2,1-2H3. The Kier molecular flexibility index (Phi) is 4.44. The molecule has 0 heterocycles. The van der Waals surface area contributed by atoms with E-state index >= 15 is 0 Å². The summed E-state index contributed by atoms with van der Waals surface area (Å²) >= 11 is 0. The van der Waals surface area contributed by atoms with Gasteiger partial charge in [0.05, 0.1) is 0 Å². The Balaban J connectivity index is 1.67. The van der Waals surface area contributed by atoms with Crippen molar-refractivity contribution in [1.82, 2.24) is 0 Å². The molecule has 1 fully saturated rings. The van der Waals surface area contributed by atoms with Gasteiger partial charge in [0.15, 0.2) is 0 Å². The quantitative estimate of drug-likeness (QED) is 0.474. The zero-order valence-electron chi connectivity index (χ0n) is 15.3. The second-order valence-corrected chi connectivity index (χ2v) is 7.45. The highest BCUT2D eigenvalue weighted by atomic mass is 14.2. The first-order valence-electron chi connectivity index (χ1n) is 9.49. The fraction of sp³-hybridized carbons (Fsp3) is 0.280. The van der Waals surface area contributed by atoms with Crippen LogP contribution in [0.15, 0.2) is 66.7 Å². The SMILES string of the molecule is Cc1cc(C2CCCC2)cc(C)c1-c1ccc(-c2ccccc2)cc1. The van der Waals surface area contributed by atoms with Gasteiger partial charge >= 0.3 is 0 Å².